The van der Waals surface area contributed by atoms with E-state index in [1.807, 2.05) is 26.0 Å². The van der Waals surface area contributed by atoms with Crippen molar-refractivity contribution in [1.82, 2.24) is 4.90 Å². The van der Waals surface area contributed by atoms with Crippen LogP contribution in [0.5, 0.6) is 0 Å². The number of imide groups is 1. The summed E-state index contributed by atoms with van der Waals surface area (Å²) in [5.41, 5.74) is 3.34. The number of carbonyl (C=O) groups excluding carboxylic acids is 3. The summed E-state index contributed by atoms with van der Waals surface area (Å²) < 4.78 is 5.77. The van der Waals surface area contributed by atoms with Crippen LogP contribution in [0.25, 0.3) is 17.4 Å². The molecule has 0 spiro atoms. The molecule has 3 amide bonds. The number of hydrogen-bond acceptors (Lipinski definition) is 5. The van der Waals surface area contributed by atoms with Gasteiger partial charge in [0, 0.05) is 17.3 Å². The zero-order chi connectivity index (χ0) is 23.7. The first-order valence-corrected chi connectivity index (χ1v) is 11.5. The van der Waals surface area contributed by atoms with Gasteiger partial charge in [0.25, 0.3) is 11.1 Å². The molecular formula is C24H18Cl2N2O4S. The van der Waals surface area contributed by atoms with Crippen LogP contribution in [-0.4, -0.2) is 28.5 Å². The highest BCUT2D eigenvalue weighted by Gasteiger charge is 2.36. The third kappa shape index (κ3) is 5.00. The second-order valence-corrected chi connectivity index (χ2v) is 9.20. The van der Waals surface area contributed by atoms with Gasteiger partial charge in [0.15, 0.2) is 0 Å². The molecule has 4 rings (SSSR count). The molecule has 0 atom stereocenters. The highest BCUT2D eigenvalue weighted by Crippen LogP contribution is 2.36. The maximum atomic E-state index is 12.7. The van der Waals surface area contributed by atoms with Gasteiger partial charge in [-0.1, -0.05) is 35.3 Å². The van der Waals surface area contributed by atoms with Gasteiger partial charge >= 0.3 is 0 Å². The van der Waals surface area contributed by atoms with Crippen LogP contribution in [0, 0.1) is 13.8 Å². The number of furan rings is 1. The number of halogens is 2. The fourth-order valence-corrected chi connectivity index (χ4v) is 4.41. The summed E-state index contributed by atoms with van der Waals surface area (Å²) in [5, 5.41) is 2.95. The molecule has 0 bridgehead atoms. The minimum Gasteiger partial charge on any atom is -0.457 e. The Morgan fingerprint density at radius 1 is 1.09 bits per heavy atom. The fraction of sp³-hybridized carbons (Fsp3) is 0.125. The molecule has 1 N–H and O–H groups in total. The standard InChI is InChI=1S/C24H18Cl2N2O4S/c1-13-6-7-15(10-14(13)2)27-21(29)12-28-23(30)20(33-24(28)31)11-16-8-9-19(32-16)17-4-3-5-18(25)22(17)26/h3-11H,12H2,1-2H3,(H,27,29)/b20-11-. The third-order valence-electron chi connectivity index (χ3n) is 5.08. The number of benzene rings is 2. The lowest BCUT2D eigenvalue weighted by molar-refractivity contribution is -0.127. The van der Waals surface area contributed by atoms with E-state index in [2.05, 4.69) is 5.32 Å². The van der Waals surface area contributed by atoms with Crippen LogP contribution < -0.4 is 5.32 Å². The molecule has 9 heteroatoms. The summed E-state index contributed by atoms with van der Waals surface area (Å²) in [6.07, 6.45) is 1.47. The normalized spacial score (nSPS) is 14.9. The molecule has 0 saturated carbocycles. The lowest BCUT2D eigenvalue weighted by Gasteiger charge is -2.13. The molecule has 168 valence electrons. The molecule has 1 aromatic heterocycles. The van der Waals surface area contributed by atoms with Gasteiger partial charge in [0.1, 0.15) is 18.1 Å². The van der Waals surface area contributed by atoms with Crippen molar-refractivity contribution in [2.45, 2.75) is 13.8 Å². The Morgan fingerprint density at radius 2 is 1.88 bits per heavy atom. The molecule has 6 nitrogen and oxygen atoms in total. The van der Waals surface area contributed by atoms with Crippen LogP contribution in [0.2, 0.25) is 10.0 Å². The highest BCUT2D eigenvalue weighted by molar-refractivity contribution is 8.18. The molecule has 2 heterocycles. The Hall–Kier alpha value is -3.00. The zero-order valence-corrected chi connectivity index (χ0v) is 20.0. The summed E-state index contributed by atoms with van der Waals surface area (Å²) in [6.45, 7) is 3.53. The number of amides is 3. The smallest absolute Gasteiger partial charge is 0.294 e. The monoisotopic (exact) mass is 500 g/mol. The highest BCUT2D eigenvalue weighted by atomic mass is 35.5. The first kappa shape index (κ1) is 23.2. The number of nitrogens with one attached hydrogen (secondary N) is 1. The van der Waals surface area contributed by atoms with E-state index < -0.39 is 17.1 Å². The van der Waals surface area contributed by atoms with Gasteiger partial charge < -0.3 is 9.73 Å². The van der Waals surface area contributed by atoms with Crippen molar-refractivity contribution in [1.29, 1.82) is 0 Å². The van der Waals surface area contributed by atoms with Gasteiger partial charge in [-0.2, -0.15) is 0 Å². The molecule has 3 aromatic rings. The predicted molar refractivity (Wildman–Crippen MR) is 131 cm³/mol. The first-order chi connectivity index (χ1) is 15.7. The molecule has 1 aliphatic rings. The Balaban J connectivity index is 1.47. The van der Waals surface area contributed by atoms with E-state index in [9.17, 15) is 14.4 Å². The molecule has 0 unspecified atom stereocenters. The molecular weight excluding hydrogens is 483 g/mol. The van der Waals surface area contributed by atoms with Crippen LogP contribution in [0.3, 0.4) is 0 Å². The number of rotatable bonds is 5. The topological polar surface area (TPSA) is 79.6 Å². The van der Waals surface area contributed by atoms with Crippen LogP contribution in [0.1, 0.15) is 16.9 Å². The number of aryl methyl sites for hydroxylation is 2. The number of hydrogen-bond donors (Lipinski definition) is 1. The summed E-state index contributed by atoms with van der Waals surface area (Å²) >= 11 is 13.0. The number of anilines is 1. The van der Waals surface area contributed by atoms with E-state index in [4.69, 9.17) is 27.6 Å². The summed E-state index contributed by atoms with van der Waals surface area (Å²) in [5.74, 6) is -0.177. The zero-order valence-electron chi connectivity index (χ0n) is 17.6. The molecule has 1 fully saturated rings. The lowest BCUT2D eigenvalue weighted by atomic mass is 10.1. The minimum atomic E-state index is -0.557. The van der Waals surface area contributed by atoms with Crippen LogP contribution >= 0.6 is 35.0 Å². The first-order valence-electron chi connectivity index (χ1n) is 9.89. The van der Waals surface area contributed by atoms with E-state index in [0.717, 1.165) is 27.8 Å². The molecule has 1 saturated heterocycles. The van der Waals surface area contributed by atoms with E-state index in [1.165, 1.54) is 6.08 Å². The van der Waals surface area contributed by atoms with Crippen molar-refractivity contribution in [3.63, 3.8) is 0 Å². The van der Waals surface area contributed by atoms with Gasteiger partial charge in [-0.05, 0) is 73.1 Å². The number of thioether (sulfide) groups is 1. The van der Waals surface area contributed by atoms with Crippen molar-refractivity contribution in [3.05, 3.63) is 80.4 Å². The summed E-state index contributed by atoms with van der Waals surface area (Å²) in [4.78, 5) is 38.6. The van der Waals surface area contributed by atoms with Crippen molar-refractivity contribution in [3.8, 4) is 11.3 Å². The van der Waals surface area contributed by atoms with Gasteiger partial charge in [-0.3, -0.25) is 19.3 Å². The summed E-state index contributed by atoms with van der Waals surface area (Å²) in [6, 6.07) is 14.0. The Labute approximate surface area is 204 Å². The number of carbonyl (C=O) groups is 3. The maximum absolute atomic E-state index is 12.7. The largest absolute Gasteiger partial charge is 0.457 e. The van der Waals surface area contributed by atoms with Crippen LogP contribution in [-0.2, 0) is 9.59 Å². The average Bonchev–Trinajstić information content (AvgIpc) is 3.33. The van der Waals surface area contributed by atoms with E-state index in [0.29, 0.717) is 32.8 Å². The van der Waals surface area contributed by atoms with E-state index >= 15 is 0 Å². The van der Waals surface area contributed by atoms with Gasteiger partial charge in [0.2, 0.25) is 5.91 Å². The van der Waals surface area contributed by atoms with Gasteiger partial charge in [-0.15, -0.1) is 0 Å². The lowest BCUT2D eigenvalue weighted by Crippen LogP contribution is -2.36. The van der Waals surface area contributed by atoms with Crippen molar-refractivity contribution < 1.29 is 18.8 Å². The van der Waals surface area contributed by atoms with Gasteiger partial charge in [0.05, 0.1) is 15.0 Å². The van der Waals surface area contributed by atoms with Gasteiger partial charge in [-0.25, -0.2) is 0 Å². The second-order valence-electron chi connectivity index (χ2n) is 7.42. The fourth-order valence-electron chi connectivity index (χ4n) is 3.20. The molecule has 33 heavy (non-hydrogen) atoms. The van der Waals surface area contributed by atoms with Crippen LogP contribution in [0.15, 0.2) is 57.9 Å². The second kappa shape index (κ2) is 9.47. The number of nitrogens with zero attached hydrogens (tertiary/aromatic N) is 1. The molecule has 0 radical (unpaired) electrons. The SMILES string of the molecule is Cc1ccc(NC(=O)CN2C(=O)S/C(=C\c3ccc(-c4cccc(Cl)c4Cl)o3)C2=O)cc1C. The maximum Gasteiger partial charge on any atom is 0.294 e. The quantitative estimate of drug-likeness (QED) is 0.402. The van der Waals surface area contributed by atoms with Crippen molar-refractivity contribution in [2.24, 2.45) is 0 Å². The Kier molecular flexibility index (Phi) is 6.65. The third-order valence-corrected chi connectivity index (χ3v) is 6.81. The predicted octanol–water partition coefficient (Wildman–Crippen LogP) is 6.55. The Bertz CT molecular complexity index is 1320. The van der Waals surface area contributed by atoms with E-state index in [1.54, 1.807) is 36.4 Å². The summed E-state index contributed by atoms with van der Waals surface area (Å²) in [7, 11) is 0. The Morgan fingerprint density at radius 3 is 2.64 bits per heavy atom. The van der Waals surface area contributed by atoms with E-state index in [-0.39, 0.29) is 11.4 Å². The van der Waals surface area contributed by atoms with Crippen LogP contribution in [0.4, 0.5) is 10.5 Å². The molecule has 1 aliphatic heterocycles. The molecule has 2 aromatic carbocycles. The molecule has 0 aliphatic carbocycles. The average molecular weight is 501 g/mol. The van der Waals surface area contributed by atoms with Crippen molar-refractivity contribution >= 4 is 63.8 Å². The van der Waals surface area contributed by atoms with Crippen molar-refractivity contribution in [2.75, 3.05) is 11.9 Å². The minimum absolute atomic E-state index is 0.164.